The van der Waals surface area contributed by atoms with Gasteiger partial charge in [-0.2, -0.15) is 0 Å². The number of carbonyl (C=O) groups is 1. The Labute approximate surface area is 132 Å². The van der Waals surface area contributed by atoms with Crippen molar-refractivity contribution >= 4 is 29.0 Å². The highest BCUT2D eigenvalue weighted by atomic mass is 32.2. The molecule has 1 fully saturated rings. The van der Waals surface area contributed by atoms with Gasteiger partial charge in [0.25, 0.3) is 0 Å². The van der Waals surface area contributed by atoms with Crippen molar-refractivity contribution in [1.29, 1.82) is 0 Å². The van der Waals surface area contributed by atoms with E-state index in [9.17, 15) is 4.79 Å². The monoisotopic (exact) mass is 322 g/mol. The minimum atomic E-state index is -0.164. The number of hydrogen-bond donors (Lipinski definition) is 1. The van der Waals surface area contributed by atoms with E-state index in [1.807, 2.05) is 25.3 Å². The van der Waals surface area contributed by atoms with Gasteiger partial charge in [0.15, 0.2) is 11.0 Å². The summed E-state index contributed by atoms with van der Waals surface area (Å²) in [6.07, 6.45) is 2.33. The Balaban J connectivity index is 1.84. The smallest absolute Gasteiger partial charge is 0.233 e. The summed E-state index contributed by atoms with van der Waals surface area (Å²) in [5.74, 6) is 0.976. The lowest BCUT2D eigenvalue weighted by atomic mass is 10.4. The molecule has 0 bridgehead atoms. The van der Waals surface area contributed by atoms with Crippen LogP contribution in [0.2, 0.25) is 0 Å². The molecule has 21 heavy (non-hydrogen) atoms. The van der Waals surface area contributed by atoms with Gasteiger partial charge in [-0.05, 0) is 38.1 Å². The summed E-state index contributed by atoms with van der Waals surface area (Å²) >= 11 is 3.16. The zero-order chi connectivity index (χ0) is 14.8. The highest BCUT2D eigenvalue weighted by molar-refractivity contribution is 8.00. The lowest BCUT2D eigenvalue weighted by Gasteiger charge is -2.12. The molecule has 0 radical (unpaired) electrons. The van der Waals surface area contributed by atoms with E-state index < -0.39 is 0 Å². The molecular weight excluding hydrogens is 304 g/mol. The molecule has 5 nitrogen and oxygen atoms in total. The number of rotatable bonds is 6. The lowest BCUT2D eigenvalue weighted by Crippen LogP contribution is -2.30. The van der Waals surface area contributed by atoms with Crippen LogP contribution in [0.15, 0.2) is 22.7 Å². The van der Waals surface area contributed by atoms with Crippen molar-refractivity contribution in [3.8, 4) is 10.7 Å². The molecule has 112 valence electrons. The van der Waals surface area contributed by atoms with Gasteiger partial charge in [-0.3, -0.25) is 9.36 Å². The van der Waals surface area contributed by atoms with Crippen LogP contribution in [-0.4, -0.2) is 32.5 Å². The van der Waals surface area contributed by atoms with Crippen molar-refractivity contribution in [3.63, 3.8) is 0 Å². The maximum Gasteiger partial charge on any atom is 0.233 e. The first-order valence-corrected chi connectivity index (χ1v) is 8.89. The Kier molecular flexibility index (Phi) is 4.30. The van der Waals surface area contributed by atoms with E-state index in [-0.39, 0.29) is 11.2 Å². The second-order valence-corrected chi connectivity index (χ2v) is 7.29. The van der Waals surface area contributed by atoms with Crippen LogP contribution in [0.5, 0.6) is 0 Å². The summed E-state index contributed by atoms with van der Waals surface area (Å²) in [5.41, 5.74) is 0. The van der Waals surface area contributed by atoms with Gasteiger partial charge < -0.3 is 5.32 Å². The van der Waals surface area contributed by atoms with E-state index in [1.165, 1.54) is 24.6 Å². The molecule has 1 aliphatic carbocycles. The molecule has 1 N–H and O–H groups in total. The van der Waals surface area contributed by atoms with E-state index in [0.717, 1.165) is 15.9 Å². The van der Waals surface area contributed by atoms with Gasteiger partial charge in [-0.1, -0.05) is 17.8 Å². The quantitative estimate of drug-likeness (QED) is 0.831. The van der Waals surface area contributed by atoms with Crippen LogP contribution in [0.4, 0.5) is 0 Å². The van der Waals surface area contributed by atoms with Gasteiger partial charge in [0.1, 0.15) is 0 Å². The Hall–Kier alpha value is -1.34. The molecule has 2 aromatic rings. The third-order valence-corrected chi connectivity index (χ3v) is 5.24. The predicted octanol–water partition coefficient (Wildman–Crippen LogP) is 2.96. The fourth-order valence-corrected chi connectivity index (χ4v) is 3.77. The fourth-order valence-electron chi connectivity index (χ4n) is 2.12. The van der Waals surface area contributed by atoms with Crippen molar-refractivity contribution < 1.29 is 4.79 Å². The van der Waals surface area contributed by atoms with Gasteiger partial charge in [-0.15, -0.1) is 21.5 Å². The van der Waals surface area contributed by atoms with Crippen molar-refractivity contribution in [2.24, 2.45) is 0 Å². The van der Waals surface area contributed by atoms with E-state index >= 15 is 0 Å². The fraction of sp³-hybridized carbons (Fsp3) is 0.500. The molecule has 1 amide bonds. The number of thioether (sulfide) groups is 1. The molecule has 0 aliphatic heterocycles. The molecule has 0 saturated heterocycles. The van der Waals surface area contributed by atoms with Gasteiger partial charge in [0.05, 0.1) is 10.1 Å². The van der Waals surface area contributed by atoms with E-state index in [0.29, 0.717) is 12.6 Å². The Morgan fingerprint density at radius 2 is 2.38 bits per heavy atom. The number of thiophene rings is 1. The SMILES string of the molecule is CCNC(=O)[C@@H](C)Sc1nnc(-c2cccs2)n1C1CC1. The van der Waals surface area contributed by atoms with Gasteiger partial charge >= 0.3 is 0 Å². The van der Waals surface area contributed by atoms with Crippen molar-refractivity contribution in [1.82, 2.24) is 20.1 Å². The number of amides is 1. The topological polar surface area (TPSA) is 59.8 Å². The highest BCUT2D eigenvalue weighted by Gasteiger charge is 2.31. The standard InChI is InChI=1S/C14H18N4OS2/c1-3-15-13(19)9(2)21-14-17-16-12(11-5-4-8-20-11)18(14)10-6-7-10/h4-5,8-10H,3,6-7H2,1-2H3,(H,15,19)/t9-/m1/s1. The second kappa shape index (κ2) is 6.19. The van der Waals surface area contributed by atoms with Gasteiger partial charge in [-0.25, -0.2) is 0 Å². The summed E-state index contributed by atoms with van der Waals surface area (Å²) in [5, 5.41) is 14.2. The molecule has 7 heteroatoms. The maximum atomic E-state index is 11.9. The minimum Gasteiger partial charge on any atom is -0.355 e. The van der Waals surface area contributed by atoms with Gasteiger partial charge in [0, 0.05) is 12.6 Å². The van der Waals surface area contributed by atoms with Crippen LogP contribution >= 0.6 is 23.1 Å². The zero-order valence-electron chi connectivity index (χ0n) is 12.1. The molecule has 0 aromatic carbocycles. The Morgan fingerprint density at radius 3 is 3.00 bits per heavy atom. The maximum absolute atomic E-state index is 11.9. The van der Waals surface area contributed by atoms with Crippen LogP contribution in [0.25, 0.3) is 10.7 Å². The molecule has 1 aliphatic rings. The van der Waals surface area contributed by atoms with Gasteiger partial charge in [0.2, 0.25) is 5.91 Å². The van der Waals surface area contributed by atoms with Crippen molar-refractivity contribution in [3.05, 3.63) is 17.5 Å². The average molecular weight is 322 g/mol. The molecule has 0 spiro atoms. The largest absolute Gasteiger partial charge is 0.355 e. The Morgan fingerprint density at radius 1 is 1.57 bits per heavy atom. The van der Waals surface area contributed by atoms with Crippen LogP contribution in [0.3, 0.4) is 0 Å². The number of carbonyl (C=O) groups excluding carboxylic acids is 1. The summed E-state index contributed by atoms with van der Waals surface area (Å²) < 4.78 is 2.20. The summed E-state index contributed by atoms with van der Waals surface area (Å²) in [4.78, 5) is 13.0. The predicted molar refractivity (Wildman–Crippen MR) is 85.6 cm³/mol. The molecule has 0 unspecified atom stereocenters. The van der Waals surface area contributed by atoms with Crippen molar-refractivity contribution in [2.75, 3.05) is 6.54 Å². The number of hydrogen-bond acceptors (Lipinski definition) is 5. The Bertz CT molecular complexity index is 619. The summed E-state index contributed by atoms with van der Waals surface area (Å²) in [6, 6.07) is 4.58. The van der Waals surface area contributed by atoms with Crippen molar-refractivity contribution in [2.45, 2.75) is 43.1 Å². The lowest BCUT2D eigenvalue weighted by molar-refractivity contribution is -0.120. The first-order valence-electron chi connectivity index (χ1n) is 7.13. The van der Waals surface area contributed by atoms with Crippen LogP contribution < -0.4 is 5.32 Å². The van der Waals surface area contributed by atoms with Crippen LogP contribution in [0, 0.1) is 0 Å². The van der Waals surface area contributed by atoms with E-state index in [1.54, 1.807) is 11.3 Å². The average Bonchev–Trinajstić information content (AvgIpc) is 3.01. The minimum absolute atomic E-state index is 0.0468. The third kappa shape index (κ3) is 3.13. The molecule has 2 aromatic heterocycles. The molecule has 2 heterocycles. The first kappa shape index (κ1) is 14.6. The number of nitrogens with one attached hydrogen (secondary N) is 1. The first-order chi connectivity index (χ1) is 10.2. The van der Waals surface area contributed by atoms with E-state index in [2.05, 4.69) is 26.1 Å². The normalized spacial score (nSPS) is 15.9. The summed E-state index contributed by atoms with van der Waals surface area (Å²) in [6.45, 7) is 4.49. The number of aromatic nitrogens is 3. The van der Waals surface area contributed by atoms with Crippen LogP contribution in [-0.2, 0) is 4.79 Å². The van der Waals surface area contributed by atoms with Crippen LogP contribution in [0.1, 0.15) is 32.7 Å². The number of nitrogens with zero attached hydrogens (tertiary/aromatic N) is 3. The van der Waals surface area contributed by atoms with E-state index in [4.69, 9.17) is 0 Å². The zero-order valence-corrected chi connectivity index (χ0v) is 13.7. The highest BCUT2D eigenvalue weighted by Crippen LogP contribution is 2.42. The summed E-state index contributed by atoms with van der Waals surface area (Å²) in [7, 11) is 0. The third-order valence-electron chi connectivity index (χ3n) is 3.32. The molecular formula is C14H18N4OS2. The molecule has 1 saturated carbocycles. The second-order valence-electron chi connectivity index (χ2n) is 5.04. The molecule has 3 rings (SSSR count). The molecule has 1 atom stereocenters.